The molecule has 1 fully saturated rings. The van der Waals surface area contributed by atoms with Gasteiger partial charge in [-0.05, 0) is 37.1 Å². The van der Waals surface area contributed by atoms with Gasteiger partial charge in [-0.3, -0.25) is 0 Å². The van der Waals surface area contributed by atoms with E-state index in [0.29, 0.717) is 28.6 Å². The lowest BCUT2D eigenvalue weighted by Gasteiger charge is -2.05. The van der Waals surface area contributed by atoms with Crippen molar-refractivity contribution in [2.45, 2.75) is 18.8 Å². The highest BCUT2D eigenvalue weighted by atomic mass is 16.4. The Morgan fingerprint density at radius 2 is 2.18 bits per heavy atom. The van der Waals surface area contributed by atoms with Crippen LogP contribution >= 0.6 is 0 Å². The molecule has 0 unspecified atom stereocenters. The Hall–Kier alpha value is -2.10. The number of hydrogen-bond donors (Lipinski definition) is 1. The van der Waals surface area contributed by atoms with Gasteiger partial charge in [-0.1, -0.05) is 0 Å². The van der Waals surface area contributed by atoms with Gasteiger partial charge in [-0.15, -0.1) is 0 Å². The van der Waals surface area contributed by atoms with Crippen LogP contribution < -0.4 is 0 Å². The van der Waals surface area contributed by atoms with E-state index in [1.807, 2.05) is 6.07 Å². The van der Waals surface area contributed by atoms with Crippen LogP contribution in [0.5, 0.6) is 0 Å². The van der Waals surface area contributed by atoms with E-state index in [-0.39, 0.29) is 0 Å². The largest absolute Gasteiger partial charge is 0.478 e. The van der Waals surface area contributed by atoms with Gasteiger partial charge >= 0.3 is 5.97 Å². The van der Waals surface area contributed by atoms with Crippen LogP contribution in [-0.4, -0.2) is 16.1 Å². The van der Waals surface area contributed by atoms with Crippen LogP contribution in [0.2, 0.25) is 0 Å². The number of hydrogen-bond acceptors (Lipinski definition) is 3. The summed E-state index contributed by atoms with van der Waals surface area (Å²) in [6.07, 6.45) is 3.63. The minimum atomic E-state index is -0.912. The van der Waals surface area contributed by atoms with Gasteiger partial charge in [-0.25, -0.2) is 9.78 Å². The van der Waals surface area contributed by atoms with Gasteiger partial charge in [0.2, 0.25) is 0 Å². The molecule has 86 valence electrons. The van der Waals surface area contributed by atoms with Gasteiger partial charge in [0.05, 0.1) is 17.5 Å². The van der Waals surface area contributed by atoms with Crippen molar-refractivity contribution in [2.24, 2.45) is 0 Å². The van der Waals surface area contributed by atoms with Crippen molar-refractivity contribution in [3.8, 4) is 11.5 Å². The number of carboxylic acid groups (broad SMARTS) is 1. The van der Waals surface area contributed by atoms with Crippen LogP contribution in [0.25, 0.3) is 11.5 Å². The van der Waals surface area contributed by atoms with Crippen LogP contribution in [0, 0.1) is 0 Å². The number of pyridine rings is 1. The third kappa shape index (κ3) is 1.82. The van der Waals surface area contributed by atoms with Crippen LogP contribution in [0.4, 0.5) is 0 Å². The zero-order chi connectivity index (χ0) is 11.8. The van der Waals surface area contributed by atoms with E-state index in [0.717, 1.165) is 12.8 Å². The fourth-order valence-electron chi connectivity index (χ4n) is 1.89. The lowest BCUT2D eigenvalue weighted by molar-refractivity contribution is 0.0695. The molecular formula is C13H11NO3. The first kappa shape index (κ1) is 10.1. The van der Waals surface area contributed by atoms with Crippen molar-refractivity contribution in [1.29, 1.82) is 0 Å². The standard InChI is InChI=1S/C13H11NO3/c15-13(16)9-5-6-10(11-2-1-7-17-11)14-12(9)8-3-4-8/h1-2,5-8H,3-4H2,(H,15,16). The zero-order valence-corrected chi connectivity index (χ0v) is 9.09. The Labute approximate surface area is 97.9 Å². The highest BCUT2D eigenvalue weighted by Crippen LogP contribution is 2.41. The monoisotopic (exact) mass is 229 g/mol. The summed E-state index contributed by atoms with van der Waals surface area (Å²) in [6.45, 7) is 0. The SMILES string of the molecule is O=C(O)c1ccc(-c2ccco2)nc1C1CC1. The summed E-state index contributed by atoms with van der Waals surface area (Å²) < 4.78 is 5.27. The van der Waals surface area contributed by atoms with Crippen molar-refractivity contribution >= 4 is 5.97 Å². The summed E-state index contributed by atoms with van der Waals surface area (Å²) in [7, 11) is 0. The Bertz CT molecular complexity index is 556. The maximum atomic E-state index is 11.1. The molecule has 0 radical (unpaired) electrons. The van der Waals surface area contributed by atoms with Crippen molar-refractivity contribution in [3.63, 3.8) is 0 Å². The average Bonchev–Trinajstić information content (AvgIpc) is 3.03. The number of furan rings is 1. The van der Waals surface area contributed by atoms with E-state index in [9.17, 15) is 4.79 Å². The molecule has 0 aliphatic heterocycles. The summed E-state index contributed by atoms with van der Waals surface area (Å²) in [5, 5.41) is 9.10. The van der Waals surface area contributed by atoms with E-state index in [2.05, 4.69) is 4.98 Å². The highest BCUT2D eigenvalue weighted by Gasteiger charge is 2.30. The summed E-state index contributed by atoms with van der Waals surface area (Å²) in [6, 6.07) is 6.91. The molecule has 0 saturated heterocycles. The number of carbonyl (C=O) groups is 1. The maximum absolute atomic E-state index is 11.1. The topological polar surface area (TPSA) is 63.3 Å². The van der Waals surface area contributed by atoms with Gasteiger partial charge in [0.25, 0.3) is 0 Å². The van der Waals surface area contributed by atoms with E-state index >= 15 is 0 Å². The fourth-order valence-corrected chi connectivity index (χ4v) is 1.89. The van der Waals surface area contributed by atoms with Crippen LogP contribution in [-0.2, 0) is 0 Å². The van der Waals surface area contributed by atoms with Crippen LogP contribution in [0.3, 0.4) is 0 Å². The molecule has 4 nitrogen and oxygen atoms in total. The van der Waals surface area contributed by atoms with Gasteiger partial charge in [0.15, 0.2) is 5.76 Å². The van der Waals surface area contributed by atoms with Crippen molar-refractivity contribution in [3.05, 3.63) is 41.8 Å². The predicted molar refractivity (Wildman–Crippen MR) is 60.9 cm³/mol. The third-order valence-electron chi connectivity index (χ3n) is 2.89. The number of aromatic carboxylic acids is 1. The summed E-state index contributed by atoms with van der Waals surface area (Å²) in [5.41, 5.74) is 1.69. The first-order valence-corrected chi connectivity index (χ1v) is 5.54. The quantitative estimate of drug-likeness (QED) is 0.878. The molecule has 3 rings (SSSR count). The second-order valence-electron chi connectivity index (χ2n) is 4.19. The second-order valence-corrected chi connectivity index (χ2v) is 4.19. The molecule has 0 amide bonds. The zero-order valence-electron chi connectivity index (χ0n) is 9.09. The number of carboxylic acids is 1. The first-order valence-electron chi connectivity index (χ1n) is 5.54. The second kappa shape index (κ2) is 3.73. The Kier molecular flexibility index (Phi) is 2.21. The first-order chi connectivity index (χ1) is 8.25. The van der Waals surface area contributed by atoms with E-state index in [4.69, 9.17) is 9.52 Å². The third-order valence-corrected chi connectivity index (χ3v) is 2.89. The van der Waals surface area contributed by atoms with Gasteiger partial charge < -0.3 is 9.52 Å². The number of nitrogens with zero attached hydrogens (tertiary/aromatic N) is 1. The van der Waals surface area contributed by atoms with Gasteiger partial charge in [0, 0.05) is 5.92 Å². The number of rotatable bonds is 3. The molecule has 1 aliphatic carbocycles. The smallest absolute Gasteiger partial charge is 0.337 e. The molecule has 0 atom stereocenters. The van der Waals surface area contributed by atoms with Crippen LogP contribution in [0.15, 0.2) is 34.9 Å². The lowest BCUT2D eigenvalue weighted by atomic mass is 10.1. The van der Waals surface area contributed by atoms with Gasteiger partial charge in [0.1, 0.15) is 5.69 Å². The molecular weight excluding hydrogens is 218 g/mol. The average molecular weight is 229 g/mol. The predicted octanol–water partition coefficient (Wildman–Crippen LogP) is 2.92. The highest BCUT2D eigenvalue weighted by molar-refractivity contribution is 5.89. The normalized spacial score (nSPS) is 14.8. The lowest BCUT2D eigenvalue weighted by Crippen LogP contribution is -2.04. The minimum absolute atomic E-state index is 0.302. The Morgan fingerprint density at radius 1 is 1.35 bits per heavy atom. The minimum Gasteiger partial charge on any atom is -0.478 e. The molecule has 0 spiro atoms. The van der Waals surface area contributed by atoms with E-state index in [1.165, 1.54) is 0 Å². The number of aromatic nitrogens is 1. The molecule has 17 heavy (non-hydrogen) atoms. The van der Waals surface area contributed by atoms with Crippen molar-refractivity contribution in [2.75, 3.05) is 0 Å². The summed E-state index contributed by atoms with van der Waals surface area (Å²) >= 11 is 0. The summed E-state index contributed by atoms with van der Waals surface area (Å²) in [4.78, 5) is 15.5. The Morgan fingerprint density at radius 3 is 2.76 bits per heavy atom. The molecule has 1 N–H and O–H groups in total. The molecule has 1 aliphatic rings. The van der Waals surface area contributed by atoms with E-state index < -0.39 is 5.97 Å². The molecule has 1 saturated carbocycles. The van der Waals surface area contributed by atoms with E-state index in [1.54, 1.807) is 24.5 Å². The van der Waals surface area contributed by atoms with Crippen molar-refractivity contribution in [1.82, 2.24) is 4.98 Å². The molecule has 0 bridgehead atoms. The maximum Gasteiger partial charge on any atom is 0.337 e. The van der Waals surface area contributed by atoms with Crippen LogP contribution in [0.1, 0.15) is 34.8 Å². The Balaban J connectivity index is 2.09. The fraction of sp³-hybridized carbons (Fsp3) is 0.231. The molecule has 4 heteroatoms. The van der Waals surface area contributed by atoms with Gasteiger partial charge in [-0.2, -0.15) is 0 Å². The summed E-state index contributed by atoms with van der Waals surface area (Å²) in [5.74, 6) is 0.0604. The van der Waals surface area contributed by atoms with Crippen molar-refractivity contribution < 1.29 is 14.3 Å². The molecule has 2 heterocycles. The molecule has 2 aromatic rings. The molecule has 2 aromatic heterocycles. The molecule has 0 aromatic carbocycles.